The highest BCUT2D eigenvalue weighted by atomic mass is 16.5. The molecule has 3 N–H and O–H groups in total. The SMILES string of the molecule is COc1ccccc1C(=O)N1CCC(NC(=O)c2cc(O)cc(O)c2)CC1. The van der Waals surface area contributed by atoms with Crippen molar-refractivity contribution in [2.45, 2.75) is 18.9 Å². The van der Waals surface area contributed by atoms with Crippen molar-refractivity contribution in [2.24, 2.45) is 0 Å². The summed E-state index contributed by atoms with van der Waals surface area (Å²) in [6, 6.07) is 10.8. The van der Waals surface area contributed by atoms with Crippen molar-refractivity contribution in [2.75, 3.05) is 20.2 Å². The van der Waals surface area contributed by atoms with E-state index in [4.69, 9.17) is 4.74 Å². The van der Waals surface area contributed by atoms with Gasteiger partial charge in [0.2, 0.25) is 0 Å². The summed E-state index contributed by atoms with van der Waals surface area (Å²) in [6.07, 6.45) is 1.24. The molecule has 0 aromatic heterocycles. The fourth-order valence-corrected chi connectivity index (χ4v) is 3.21. The number of nitrogens with one attached hydrogen (secondary N) is 1. The number of hydrogen-bond acceptors (Lipinski definition) is 5. The van der Waals surface area contributed by atoms with Crippen molar-refractivity contribution in [1.29, 1.82) is 0 Å². The van der Waals surface area contributed by atoms with Crippen LogP contribution in [0.1, 0.15) is 33.6 Å². The van der Waals surface area contributed by atoms with Gasteiger partial charge in [-0.05, 0) is 37.1 Å². The molecule has 1 aliphatic rings. The highest BCUT2D eigenvalue weighted by molar-refractivity contribution is 5.97. The maximum absolute atomic E-state index is 12.7. The van der Waals surface area contributed by atoms with Gasteiger partial charge in [-0.15, -0.1) is 0 Å². The molecule has 1 saturated heterocycles. The quantitative estimate of drug-likeness (QED) is 0.766. The third kappa shape index (κ3) is 4.31. The number of para-hydroxylation sites is 1. The second kappa shape index (κ2) is 7.99. The minimum absolute atomic E-state index is 0.0799. The largest absolute Gasteiger partial charge is 0.508 e. The Balaban J connectivity index is 1.58. The molecule has 0 saturated carbocycles. The standard InChI is InChI=1S/C20H22N2O5/c1-27-18-5-3-2-4-17(18)20(26)22-8-6-14(7-9-22)21-19(25)13-10-15(23)12-16(24)11-13/h2-5,10-12,14,23-24H,6-9H2,1H3,(H,21,25). The maximum atomic E-state index is 12.7. The molecular formula is C20H22N2O5. The zero-order chi connectivity index (χ0) is 19.4. The van der Waals surface area contributed by atoms with Crippen LogP contribution in [0.5, 0.6) is 17.2 Å². The molecule has 7 nitrogen and oxygen atoms in total. The molecule has 2 amide bonds. The van der Waals surface area contributed by atoms with Gasteiger partial charge >= 0.3 is 0 Å². The summed E-state index contributed by atoms with van der Waals surface area (Å²) >= 11 is 0. The van der Waals surface area contributed by atoms with Crippen LogP contribution in [0.3, 0.4) is 0 Å². The number of ether oxygens (including phenoxy) is 1. The minimum Gasteiger partial charge on any atom is -0.508 e. The van der Waals surface area contributed by atoms with E-state index in [0.29, 0.717) is 37.2 Å². The molecule has 0 bridgehead atoms. The van der Waals surface area contributed by atoms with Crippen LogP contribution in [0.15, 0.2) is 42.5 Å². The van der Waals surface area contributed by atoms with E-state index in [2.05, 4.69) is 5.32 Å². The Kier molecular flexibility index (Phi) is 5.49. The Morgan fingerprint density at radius 1 is 1.07 bits per heavy atom. The number of phenolic OH excluding ortho intramolecular Hbond substituents is 2. The van der Waals surface area contributed by atoms with E-state index >= 15 is 0 Å². The number of carbonyl (C=O) groups is 2. The van der Waals surface area contributed by atoms with Crippen LogP contribution in [0, 0.1) is 0 Å². The van der Waals surface area contributed by atoms with Crippen molar-refractivity contribution in [1.82, 2.24) is 10.2 Å². The summed E-state index contributed by atoms with van der Waals surface area (Å²) in [5.74, 6) is -0.248. The molecular weight excluding hydrogens is 348 g/mol. The van der Waals surface area contributed by atoms with E-state index in [0.717, 1.165) is 0 Å². The minimum atomic E-state index is -0.365. The lowest BCUT2D eigenvalue weighted by molar-refractivity contribution is 0.0695. The molecule has 142 valence electrons. The molecule has 1 heterocycles. The Labute approximate surface area is 157 Å². The average molecular weight is 370 g/mol. The fourth-order valence-electron chi connectivity index (χ4n) is 3.21. The van der Waals surface area contributed by atoms with Crippen molar-refractivity contribution in [3.63, 3.8) is 0 Å². The Bertz CT molecular complexity index is 824. The van der Waals surface area contributed by atoms with Gasteiger partial charge in [-0.25, -0.2) is 0 Å². The summed E-state index contributed by atoms with van der Waals surface area (Å²) in [7, 11) is 1.53. The third-order valence-electron chi connectivity index (χ3n) is 4.62. The Hall–Kier alpha value is -3.22. The molecule has 1 fully saturated rings. The van der Waals surface area contributed by atoms with Crippen molar-refractivity contribution in [3.8, 4) is 17.2 Å². The van der Waals surface area contributed by atoms with E-state index in [-0.39, 0.29) is 34.9 Å². The molecule has 7 heteroatoms. The number of nitrogens with zero attached hydrogens (tertiary/aromatic N) is 1. The van der Waals surface area contributed by atoms with Gasteiger partial charge in [0.05, 0.1) is 12.7 Å². The average Bonchev–Trinajstić information content (AvgIpc) is 2.67. The Morgan fingerprint density at radius 2 is 1.70 bits per heavy atom. The monoisotopic (exact) mass is 370 g/mol. The summed E-state index contributed by atoms with van der Waals surface area (Å²) in [5, 5.41) is 21.9. The molecule has 0 unspecified atom stereocenters. The number of hydrogen-bond donors (Lipinski definition) is 3. The molecule has 27 heavy (non-hydrogen) atoms. The lowest BCUT2D eigenvalue weighted by atomic mass is 10.0. The fraction of sp³-hybridized carbons (Fsp3) is 0.300. The van der Waals surface area contributed by atoms with Gasteiger partial charge in [0.25, 0.3) is 11.8 Å². The van der Waals surface area contributed by atoms with Crippen LogP contribution in [0.4, 0.5) is 0 Å². The van der Waals surface area contributed by atoms with Gasteiger partial charge in [0.1, 0.15) is 17.2 Å². The van der Waals surface area contributed by atoms with Gasteiger partial charge < -0.3 is 25.2 Å². The third-order valence-corrected chi connectivity index (χ3v) is 4.62. The predicted octanol–water partition coefficient (Wildman–Crippen LogP) is 2.14. The first kappa shape index (κ1) is 18.6. The first-order valence-electron chi connectivity index (χ1n) is 8.74. The van der Waals surface area contributed by atoms with Crippen molar-refractivity contribution < 1.29 is 24.5 Å². The number of methoxy groups -OCH3 is 1. The summed E-state index contributed by atoms with van der Waals surface area (Å²) in [6.45, 7) is 1.04. The number of amides is 2. The highest BCUT2D eigenvalue weighted by Crippen LogP contribution is 2.23. The van der Waals surface area contributed by atoms with Crippen LogP contribution in [0.25, 0.3) is 0 Å². The van der Waals surface area contributed by atoms with E-state index in [1.54, 1.807) is 23.1 Å². The van der Waals surface area contributed by atoms with Crippen LogP contribution in [0.2, 0.25) is 0 Å². The van der Waals surface area contributed by atoms with Crippen molar-refractivity contribution >= 4 is 11.8 Å². The Morgan fingerprint density at radius 3 is 2.33 bits per heavy atom. The molecule has 1 aliphatic heterocycles. The molecule has 0 aliphatic carbocycles. The van der Waals surface area contributed by atoms with Gasteiger partial charge in [0, 0.05) is 30.8 Å². The van der Waals surface area contributed by atoms with Gasteiger partial charge in [-0.1, -0.05) is 12.1 Å². The van der Waals surface area contributed by atoms with Gasteiger partial charge in [0.15, 0.2) is 0 Å². The number of rotatable bonds is 4. The van der Waals surface area contributed by atoms with Gasteiger partial charge in [-0.3, -0.25) is 9.59 Å². The zero-order valence-corrected chi connectivity index (χ0v) is 15.0. The topological polar surface area (TPSA) is 99.1 Å². The smallest absolute Gasteiger partial charge is 0.257 e. The predicted molar refractivity (Wildman–Crippen MR) is 99.2 cm³/mol. The lowest BCUT2D eigenvalue weighted by Gasteiger charge is -2.32. The molecule has 2 aromatic carbocycles. The normalized spacial score (nSPS) is 14.6. The van der Waals surface area contributed by atoms with Crippen LogP contribution < -0.4 is 10.1 Å². The molecule has 3 rings (SSSR count). The van der Waals surface area contributed by atoms with E-state index < -0.39 is 0 Å². The second-order valence-corrected chi connectivity index (χ2v) is 6.48. The number of aromatic hydroxyl groups is 2. The first-order valence-corrected chi connectivity index (χ1v) is 8.74. The van der Waals surface area contributed by atoms with E-state index in [9.17, 15) is 19.8 Å². The molecule has 0 spiro atoms. The summed E-state index contributed by atoms with van der Waals surface area (Å²) in [5.41, 5.74) is 0.720. The number of benzene rings is 2. The number of piperidine rings is 1. The highest BCUT2D eigenvalue weighted by Gasteiger charge is 2.26. The maximum Gasteiger partial charge on any atom is 0.257 e. The molecule has 0 atom stereocenters. The molecule has 2 aromatic rings. The number of phenols is 2. The zero-order valence-electron chi connectivity index (χ0n) is 15.0. The van der Waals surface area contributed by atoms with Crippen molar-refractivity contribution in [3.05, 3.63) is 53.6 Å². The van der Waals surface area contributed by atoms with E-state index in [1.807, 2.05) is 6.07 Å². The van der Waals surface area contributed by atoms with E-state index in [1.165, 1.54) is 25.3 Å². The lowest BCUT2D eigenvalue weighted by Crippen LogP contribution is -2.46. The second-order valence-electron chi connectivity index (χ2n) is 6.48. The number of likely N-dealkylation sites (tertiary alicyclic amines) is 1. The van der Waals surface area contributed by atoms with Crippen LogP contribution in [-0.4, -0.2) is 53.2 Å². The summed E-state index contributed by atoms with van der Waals surface area (Å²) in [4.78, 5) is 26.8. The first-order chi connectivity index (χ1) is 13.0. The number of carbonyl (C=O) groups excluding carboxylic acids is 2. The summed E-state index contributed by atoms with van der Waals surface area (Å²) < 4.78 is 5.25. The molecule has 0 radical (unpaired) electrons. The van der Waals surface area contributed by atoms with Gasteiger partial charge in [-0.2, -0.15) is 0 Å². The van der Waals surface area contributed by atoms with Crippen LogP contribution >= 0.6 is 0 Å². The van der Waals surface area contributed by atoms with Crippen LogP contribution in [-0.2, 0) is 0 Å².